The first kappa shape index (κ1) is 17.3. The highest BCUT2D eigenvalue weighted by Crippen LogP contribution is 2.28. The van der Waals surface area contributed by atoms with Gasteiger partial charge in [0.15, 0.2) is 0 Å². The molecule has 0 aliphatic carbocycles. The van der Waals surface area contributed by atoms with Crippen LogP contribution in [0.2, 0.25) is 0 Å². The molecule has 6 nitrogen and oxygen atoms in total. The third-order valence-corrected chi connectivity index (χ3v) is 4.37. The first-order chi connectivity index (χ1) is 10.8. The van der Waals surface area contributed by atoms with Crippen LogP contribution >= 0.6 is 0 Å². The molecule has 6 heteroatoms. The zero-order chi connectivity index (χ0) is 17.2. The predicted molar refractivity (Wildman–Crippen MR) is 88.4 cm³/mol. The van der Waals surface area contributed by atoms with E-state index in [1.54, 1.807) is 21.0 Å². The topological polar surface area (TPSA) is 61.9 Å². The number of hydrogen-bond donors (Lipinski definition) is 1. The summed E-state index contributed by atoms with van der Waals surface area (Å²) >= 11 is 0. The molecule has 3 amide bonds. The van der Waals surface area contributed by atoms with E-state index in [9.17, 15) is 9.59 Å². The van der Waals surface area contributed by atoms with Gasteiger partial charge >= 0.3 is 6.03 Å². The Kier molecular flexibility index (Phi) is 4.94. The average molecular weight is 319 g/mol. The molecule has 1 saturated heterocycles. The molecule has 1 aliphatic rings. The maximum atomic E-state index is 12.2. The number of para-hydroxylation sites is 1. The van der Waals surface area contributed by atoms with Crippen LogP contribution in [0.4, 0.5) is 4.79 Å². The summed E-state index contributed by atoms with van der Waals surface area (Å²) in [4.78, 5) is 27.5. The van der Waals surface area contributed by atoms with Crippen molar-refractivity contribution in [1.82, 2.24) is 15.1 Å². The van der Waals surface area contributed by atoms with Gasteiger partial charge in [-0.05, 0) is 33.9 Å². The smallest absolute Gasteiger partial charge is 0.325 e. The predicted octanol–water partition coefficient (Wildman–Crippen LogP) is 2.02. The van der Waals surface area contributed by atoms with E-state index in [0.717, 1.165) is 11.3 Å². The number of amides is 3. The molecule has 0 saturated carbocycles. The molecule has 1 atom stereocenters. The number of nitrogens with zero attached hydrogens (tertiary/aromatic N) is 2. The van der Waals surface area contributed by atoms with Crippen molar-refractivity contribution < 1.29 is 14.3 Å². The van der Waals surface area contributed by atoms with Gasteiger partial charge in [-0.1, -0.05) is 18.2 Å². The van der Waals surface area contributed by atoms with E-state index in [2.05, 4.69) is 17.1 Å². The zero-order valence-corrected chi connectivity index (χ0v) is 14.4. The maximum Gasteiger partial charge on any atom is 0.325 e. The Hall–Kier alpha value is -2.08. The first-order valence-corrected chi connectivity index (χ1v) is 7.75. The largest absolute Gasteiger partial charge is 0.496 e. The van der Waals surface area contributed by atoms with Gasteiger partial charge in [0.25, 0.3) is 5.91 Å². The van der Waals surface area contributed by atoms with E-state index >= 15 is 0 Å². The van der Waals surface area contributed by atoms with Crippen molar-refractivity contribution >= 4 is 11.9 Å². The minimum Gasteiger partial charge on any atom is -0.496 e. The Morgan fingerprint density at radius 3 is 2.52 bits per heavy atom. The quantitative estimate of drug-likeness (QED) is 0.815. The van der Waals surface area contributed by atoms with E-state index in [0.29, 0.717) is 13.1 Å². The van der Waals surface area contributed by atoms with Gasteiger partial charge in [0.2, 0.25) is 0 Å². The summed E-state index contributed by atoms with van der Waals surface area (Å²) in [7, 11) is 3.63. The number of likely N-dealkylation sites (N-methyl/N-ethyl adjacent to an activating group) is 1. The number of hydrogen-bond acceptors (Lipinski definition) is 4. The Labute approximate surface area is 137 Å². The number of carbonyl (C=O) groups excluding carboxylic acids is 2. The fourth-order valence-corrected chi connectivity index (χ4v) is 2.72. The van der Waals surface area contributed by atoms with Crippen LogP contribution in [0.3, 0.4) is 0 Å². The van der Waals surface area contributed by atoms with Crippen molar-refractivity contribution in [2.45, 2.75) is 32.4 Å². The number of benzene rings is 1. The lowest BCUT2D eigenvalue weighted by molar-refractivity contribution is -0.130. The highest BCUT2D eigenvalue weighted by molar-refractivity contribution is 6.06. The van der Waals surface area contributed by atoms with Gasteiger partial charge in [0, 0.05) is 24.7 Å². The number of urea groups is 1. The second kappa shape index (κ2) is 6.58. The number of carbonyl (C=O) groups is 2. The molecule has 1 aromatic rings. The summed E-state index contributed by atoms with van der Waals surface area (Å²) in [6.45, 7) is 6.47. The van der Waals surface area contributed by atoms with Crippen LogP contribution in [0, 0.1) is 0 Å². The van der Waals surface area contributed by atoms with Gasteiger partial charge in [-0.15, -0.1) is 0 Å². The molecule has 0 unspecified atom stereocenters. The van der Waals surface area contributed by atoms with Gasteiger partial charge in [0.1, 0.15) is 11.3 Å². The second-order valence-electron chi connectivity index (χ2n) is 6.41. The normalized spacial score (nSPS) is 18.3. The SMILES string of the molecule is COc1ccccc1[C@H](C)N(C)CCN1C(=O)NC(C)(C)C1=O. The lowest BCUT2D eigenvalue weighted by Crippen LogP contribution is -2.41. The molecular formula is C17H25N3O3. The zero-order valence-electron chi connectivity index (χ0n) is 14.4. The van der Waals surface area contributed by atoms with E-state index in [-0.39, 0.29) is 18.0 Å². The fourth-order valence-electron chi connectivity index (χ4n) is 2.72. The molecule has 1 heterocycles. The van der Waals surface area contributed by atoms with Gasteiger partial charge in [-0.25, -0.2) is 4.79 Å². The lowest BCUT2D eigenvalue weighted by Gasteiger charge is -2.27. The number of methoxy groups -OCH3 is 1. The molecule has 0 radical (unpaired) electrons. The van der Waals surface area contributed by atoms with Crippen LogP contribution in [-0.4, -0.2) is 54.5 Å². The first-order valence-electron chi connectivity index (χ1n) is 7.75. The van der Waals surface area contributed by atoms with Crippen LogP contribution in [-0.2, 0) is 4.79 Å². The fraction of sp³-hybridized carbons (Fsp3) is 0.529. The van der Waals surface area contributed by atoms with Crippen molar-refractivity contribution in [3.63, 3.8) is 0 Å². The summed E-state index contributed by atoms with van der Waals surface area (Å²) in [6.07, 6.45) is 0. The maximum absolute atomic E-state index is 12.2. The van der Waals surface area contributed by atoms with Gasteiger partial charge in [0.05, 0.1) is 7.11 Å². The average Bonchev–Trinajstić information content (AvgIpc) is 2.72. The van der Waals surface area contributed by atoms with Gasteiger partial charge in [-0.2, -0.15) is 0 Å². The highest BCUT2D eigenvalue weighted by atomic mass is 16.5. The minimum atomic E-state index is -0.816. The molecule has 1 N–H and O–H groups in total. The van der Waals surface area contributed by atoms with Crippen molar-refractivity contribution in [2.24, 2.45) is 0 Å². The summed E-state index contributed by atoms with van der Waals surface area (Å²) in [6, 6.07) is 7.65. The molecular weight excluding hydrogens is 294 g/mol. The molecule has 2 rings (SSSR count). The van der Waals surface area contributed by atoms with Crippen LogP contribution < -0.4 is 10.1 Å². The van der Waals surface area contributed by atoms with Crippen molar-refractivity contribution in [3.05, 3.63) is 29.8 Å². The van der Waals surface area contributed by atoms with E-state index < -0.39 is 5.54 Å². The van der Waals surface area contributed by atoms with Gasteiger partial charge in [-0.3, -0.25) is 14.6 Å². The standard InChI is InChI=1S/C17H25N3O3/c1-12(13-8-6-7-9-14(13)23-5)19(4)10-11-20-15(21)17(2,3)18-16(20)22/h6-9,12H,10-11H2,1-5H3,(H,18,22)/t12-/m0/s1. The molecule has 0 spiro atoms. The summed E-state index contributed by atoms with van der Waals surface area (Å²) in [5, 5.41) is 2.69. The van der Waals surface area contributed by atoms with Crippen LogP contribution in [0.1, 0.15) is 32.4 Å². The van der Waals surface area contributed by atoms with E-state index in [1.807, 2.05) is 31.3 Å². The number of imide groups is 1. The molecule has 1 aliphatic heterocycles. The Morgan fingerprint density at radius 1 is 1.30 bits per heavy atom. The van der Waals surface area contributed by atoms with Crippen molar-refractivity contribution in [1.29, 1.82) is 0 Å². The monoisotopic (exact) mass is 319 g/mol. The third kappa shape index (κ3) is 3.47. The minimum absolute atomic E-state index is 0.111. The second-order valence-corrected chi connectivity index (χ2v) is 6.41. The van der Waals surface area contributed by atoms with Crippen molar-refractivity contribution in [3.8, 4) is 5.75 Å². The molecule has 0 bridgehead atoms. The Bertz CT molecular complexity index is 601. The van der Waals surface area contributed by atoms with Crippen molar-refractivity contribution in [2.75, 3.05) is 27.2 Å². The van der Waals surface area contributed by atoms with E-state index in [1.165, 1.54) is 4.90 Å². The van der Waals surface area contributed by atoms with Crippen LogP contribution in [0.5, 0.6) is 5.75 Å². The summed E-state index contributed by atoms with van der Waals surface area (Å²) < 4.78 is 5.40. The number of rotatable bonds is 6. The highest BCUT2D eigenvalue weighted by Gasteiger charge is 2.43. The van der Waals surface area contributed by atoms with E-state index in [4.69, 9.17) is 4.74 Å². The van der Waals surface area contributed by atoms with Gasteiger partial charge < -0.3 is 10.1 Å². The van der Waals surface area contributed by atoms with Crippen LogP contribution in [0.25, 0.3) is 0 Å². The summed E-state index contributed by atoms with van der Waals surface area (Å²) in [5.41, 5.74) is 0.263. The molecule has 1 fully saturated rings. The molecule has 126 valence electrons. The Balaban J connectivity index is 2.01. The lowest BCUT2D eigenvalue weighted by atomic mass is 10.1. The molecule has 1 aromatic carbocycles. The molecule has 0 aromatic heterocycles. The summed E-state index contributed by atoms with van der Waals surface area (Å²) in [5.74, 6) is 0.656. The Morgan fingerprint density at radius 2 is 1.96 bits per heavy atom. The number of ether oxygens (including phenoxy) is 1. The number of nitrogens with one attached hydrogen (secondary N) is 1. The van der Waals surface area contributed by atoms with Crippen LogP contribution in [0.15, 0.2) is 24.3 Å². The third-order valence-electron chi connectivity index (χ3n) is 4.37. The molecule has 23 heavy (non-hydrogen) atoms.